The van der Waals surface area contributed by atoms with E-state index in [1.54, 1.807) is 6.07 Å². The van der Waals surface area contributed by atoms with Gasteiger partial charge in [0.15, 0.2) is 0 Å². The molecular formula is C38H32N2. The second kappa shape index (κ2) is 10.6. The Balaban J connectivity index is 1.49. The third-order valence-electron chi connectivity index (χ3n) is 7.30. The van der Waals surface area contributed by atoms with Crippen LogP contribution in [0, 0.1) is 13.8 Å². The van der Waals surface area contributed by atoms with Gasteiger partial charge in [-0.15, -0.1) is 0 Å². The first-order chi connectivity index (χ1) is 19.4. The molecular weight excluding hydrogens is 484 g/mol. The number of aryl methyl sites for hydroxylation is 2. The van der Waals surface area contributed by atoms with Crippen molar-refractivity contribution in [3.05, 3.63) is 145 Å². The summed E-state index contributed by atoms with van der Waals surface area (Å²) in [5.74, 6) is 0. The van der Waals surface area contributed by atoms with E-state index >= 15 is 0 Å². The molecule has 0 spiro atoms. The zero-order valence-electron chi connectivity index (χ0n) is 22.9. The molecule has 6 aromatic rings. The van der Waals surface area contributed by atoms with E-state index in [0.29, 0.717) is 11.4 Å². The highest BCUT2D eigenvalue weighted by atomic mass is 14.6. The molecule has 0 radical (unpaired) electrons. The zero-order valence-corrected chi connectivity index (χ0v) is 22.9. The lowest BCUT2D eigenvalue weighted by Gasteiger charge is -2.14. The van der Waals surface area contributed by atoms with Gasteiger partial charge in [-0.3, -0.25) is 0 Å². The zero-order chi connectivity index (χ0) is 27.6. The van der Waals surface area contributed by atoms with Crippen LogP contribution in [0.15, 0.2) is 133 Å². The van der Waals surface area contributed by atoms with E-state index in [0.717, 1.165) is 22.3 Å². The highest BCUT2D eigenvalue weighted by molar-refractivity contribution is 5.84. The van der Waals surface area contributed by atoms with Crippen LogP contribution in [0.1, 0.15) is 11.1 Å². The van der Waals surface area contributed by atoms with Crippen LogP contribution in [-0.2, 0) is 0 Å². The molecule has 40 heavy (non-hydrogen) atoms. The summed E-state index contributed by atoms with van der Waals surface area (Å²) in [6.45, 7) is 4.31. The van der Waals surface area contributed by atoms with E-state index in [9.17, 15) is 0 Å². The Morgan fingerprint density at radius 2 is 0.650 bits per heavy atom. The first kappa shape index (κ1) is 25.2. The number of hydrogen-bond acceptors (Lipinski definition) is 2. The van der Waals surface area contributed by atoms with Crippen LogP contribution in [0.2, 0.25) is 0 Å². The van der Waals surface area contributed by atoms with Crippen LogP contribution >= 0.6 is 0 Å². The number of nitrogens with two attached hydrogens (primary N) is 2. The number of anilines is 2. The maximum absolute atomic E-state index is 6.11. The highest BCUT2D eigenvalue weighted by Crippen LogP contribution is 2.36. The molecule has 2 nitrogen and oxygen atoms in total. The SMILES string of the molecule is Cc1cc(C)cc(-c2cccc(-c3cc(-c4ccccc4)cc(-c4cccc(-c5cc(N)cc(N)c5)c4)c3)c2)c1. The van der Waals surface area contributed by atoms with Gasteiger partial charge in [0.05, 0.1) is 0 Å². The molecule has 0 saturated heterocycles. The third-order valence-corrected chi connectivity index (χ3v) is 7.30. The largest absolute Gasteiger partial charge is 0.399 e. The molecule has 2 heteroatoms. The molecule has 0 bridgehead atoms. The number of hydrogen-bond donors (Lipinski definition) is 2. The second-order valence-corrected chi connectivity index (χ2v) is 10.6. The minimum Gasteiger partial charge on any atom is -0.399 e. The standard InChI is InChI=1S/C38H32N2/c1-25-14-26(2)16-32(15-25)28-10-6-11-29(17-28)34-19-33(27-8-4-3-5-9-27)20-35(21-34)30-12-7-13-31(18-30)36-22-37(39)24-38(40)23-36/h3-24H,39-40H2,1-2H3. The molecule has 6 aromatic carbocycles. The molecule has 0 aliphatic carbocycles. The molecule has 0 heterocycles. The van der Waals surface area contributed by atoms with Crippen LogP contribution in [0.25, 0.3) is 55.6 Å². The summed E-state index contributed by atoms with van der Waals surface area (Å²) in [7, 11) is 0. The highest BCUT2D eigenvalue weighted by Gasteiger charge is 2.10. The fourth-order valence-electron chi connectivity index (χ4n) is 5.50. The molecule has 6 rings (SSSR count). The average molecular weight is 517 g/mol. The van der Waals surface area contributed by atoms with E-state index in [1.807, 2.05) is 12.1 Å². The van der Waals surface area contributed by atoms with Gasteiger partial charge in [0.1, 0.15) is 0 Å². The Morgan fingerprint density at radius 1 is 0.300 bits per heavy atom. The van der Waals surface area contributed by atoms with Gasteiger partial charge in [-0.1, -0.05) is 96.1 Å². The lowest BCUT2D eigenvalue weighted by atomic mass is 9.91. The molecule has 0 amide bonds. The van der Waals surface area contributed by atoms with Gasteiger partial charge in [0.25, 0.3) is 0 Å². The summed E-state index contributed by atoms with van der Waals surface area (Å²) in [6, 6.07) is 47.3. The summed E-state index contributed by atoms with van der Waals surface area (Å²) < 4.78 is 0. The molecule has 0 aromatic heterocycles. The Morgan fingerprint density at radius 3 is 1.12 bits per heavy atom. The van der Waals surface area contributed by atoms with Crippen molar-refractivity contribution >= 4 is 11.4 Å². The van der Waals surface area contributed by atoms with Gasteiger partial charge < -0.3 is 11.5 Å². The Kier molecular flexibility index (Phi) is 6.67. The summed E-state index contributed by atoms with van der Waals surface area (Å²) >= 11 is 0. The maximum Gasteiger partial charge on any atom is 0.0340 e. The molecule has 0 fully saturated rings. The van der Waals surface area contributed by atoms with Gasteiger partial charge in [-0.2, -0.15) is 0 Å². The summed E-state index contributed by atoms with van der Waals surface area (Å²) in [4.78, 5) is 0. The van der Waals surface area contributed by atoms with Crippen LogP contribution < -0.4 is 11.5 Å². The Hall–Kier alpha value is -5.08. The van der Waals surface area contributed by atoms with Crippen molar-refractivity contribution in [2.24, 2.45) is 0 Å². The molecule has 0 unspecified atom stereocenters. The van der Waals surface area contributed by atoms with Crippen molar-refractivity contribution in [2.45, 2.75) is 13.8 Å². The average Bonchev–Trinajstić information content (AvgIpc) is 2.96. The fraction of sp³-hybridized carbons (Fsp3) is 0.0526. The fourth-order valence-corrected chi connectivity index (χ4v) is 5.50. The van der Waals surface area contributed by atoms with E-state index in [4.69, 9.17) is 11.5 Å². The molecule has 0 aliphatic heterocycles. The Labute approximate surface area is 236 Å². The number of nitrogen functional groups attached to an aromatic ring is 2. The molecule has 0 atom stereocenters. The van der Waals surface area contributed by atoms with Gasteiger partial charge in [-0.25, -0.2) is 0 Å². The molecule has 194 valence electrons. The quantitative estimate of drug-likeness (QED) is 0.224. The van der Waals surface area contributed by atoms with Crippen molar-refractivity contribution in [3.63, 3.8) is 0 Å². The third kappa shape index (κ3) is 5.39. The maximum atomic E-state index is 6.11. The van der Waals surface area contributed by atoms with Gasteiger partial charge in [0.2, 0.25) is 0 Å². The van der Waals surface area contributed by atoms with E-state index in [-0.39, 0.29) is 0 Å². The minimum absolute atomic E-state index is 0.664. The van der Waals surface area contributed by atoms with Crippen molar-refractivity contribution in [2.75, 3.05) is 11.5 Å². The lowest BCUT2D eigenvalue weighted by molar-refractivity contribution is 1.38. The summed E-state index contributed by atoms with van der Waals surface area (Å²) in [5.41, 5.74) is 27.7. The molecule has 0 aliphatic rings. The van der Waals surface area contributed by atoms with Crippen LogP contribution in [-0.4, -0.2) is 0 Å². The Bertz CT molecular complexity index is 1680. The van der Waals surface area contributed by atoms with Gasteiger partial charge in [0, 0.05) is 11.4 Å². The number of rotatable bonds is 5. The molecule has 0 saturated carbocycles. The van der Waals surface area contributed by atoms with Crippen LogP contribution in [0.5, 0.6) is 0 Å². The van der Waals surface area contributed by atoms with Crippen molar-refractivity contribution in [1.82, 2.24) is 0 Å². The predicted molar refractivity (Wildman–Crippen MR) is 172 cm³/mol. The van der Waals surface area contributed by atoms with Crippen molar-refractivity contribution < 1.29 is 0 Å². The topological polar surface area (TPSA) is 52.0 Å². The van der Waals surface area contributed by atoms with E-state index in [2.05, 4.69) is 129 Å². The van der Waals surface area contributed by atoms with Crippen molar-refractivity contribution in [3.8, 4) is 55.6 Å². The molecule has 4 N–H and O–H groups in total. The van der Waals surface area contributed by atoms with Crippen LogP contribution in [0.3, 0.4) is 0 Å². The van der Waals surface area contributed by atoms with Gasteiger partial charge in [-0.05, 0) is 118 Å². The van der Waals surface area contributed by atoms with E-state index in [1.165, 1.54) is 44.5 Å². The first-order valence-corrected chi connectivity index (χ1v) is 13.6. The van der Waals surface area contributed by atoms with Gasteiger partial charge >= 0.3 is 0 Å². The predicted octanol–water partition coefficient (Wildman–Crippen LogP) is 9.80. The normalized spacial score (nSPS) is 10.9. The van der Waals surface area contributed by atoms with Crippen molar-refractivity contribution in [1.29, 1.82) is 0 Å². The second-order valence-electron chi connectivity index (χ2n) is 10.6. The van der Waals surface area contributed by atoms with Crippen LogP contribution in [0.4, 0.5) is 11.4 Å². The van der Waals surface area contributed by atoms with E-state index < -0.39 is 0 Å². The monoisotopic (exact) mass is 516 g/mol. The lowest BCUT2D eigenvalue weighted by Crippen LogP contribution is -1.92. The first-order valence-electron chi connectivity index (χ1n) is 13.6. The summed E-state index contributed by atoms with van der Waals surface area (Å²) in [6.07, 6.45) is 0. The smallest absolute Gasteiger partial charge is 0.0340 e. The number of benzene rings is 6. The minimum atomic E-state index is 0.664. The summed E-state index contributed by atoms with van der Waals surface area (Å²) in [5, 5.41) is 0.